The molecule has 0 aliphatic rings. The maximum absolute atomic E-state index is 10.1. The molecule has 41 heavy (non-hydrogen) atoms. The van der Waals surface area contributed by atoms with Crippen molar-refractivity contribution in [1.29, 1.82) is 0 Å². The lowest BCUT2D eigenvalue weighted by Crippen LogP contribution is -2.00. The Hall–Kier alpha value is -0.330. The summed E-state index contributed by atoms with van der Waals surface area (Å²) in [5.74, 6) is 0. The monoisotopic (exact) mass is 622 g/mol. The predicted octanol–water partition coefficient (Wildman–Crippen LogP) is 11.5. The first-order valence-corrected chi connectivity index (χ1v) is 19.8. The SMILES string of the molecule is CCCCCCc1sc(Sc2sc(CCCCCC)c(CCO)c2CCCCCC)c(CCCCCC)c1CCO. The van der Waals surface area contributed by atoms with Gasteiger partial charge >= 0.3 is 0 Å². The maximum atomic E-state index is 10.1. The molecule has 0 saturated heterocycles. The average Bonchev–Trinajstić information content (AvgIpc) is 3.46. The van der Waals surface area contributed by atoms with Crippen LogP contribution < -0.4 is 0 Å². The van der Waals surface area contributed by atoms with Crippen LogP contribution in [-0.4, -0.2) is 23.4 Å². The summed E-state index contributed by atoms with van der Waals surface area (Å²) < 4.78 is 3.00. The summed E-state index contributed by atoms with van der Waals surface area (Å²) in [7, 11) is 0. The number of unbranched alkanes of at least 4 members (excludes halogenated alkanes) is 12. The van der Waals surface area contributed by atoms with Crippen molar-refractivity contribution in [2.45, 2.75) is 177 Å². The van der Waals surface area contributed by atoms with Gasteiger partial charge < -0.3 is 10.2 Å². The number of aryl methyl sites for hydroxylation is 2. The van der Waals surface area contributed by atoms with Crippen LogP contribution in [0.25, 0.3) is 0 Å². The average molecular weight is 623 g/mol. The Morgan fingerprint density at radius 2 is 0.756 bits per heavy atom. The van der Waals surface area contributed by atoms with Gasteiger partial charge in [-0.05, 0) is 86.5 Å². The number of thiophene rings is 2. The Kier molecular flexibility index (Phi) is 20.8. The minimum absolute atomic E-state index is 0.245. The van der Waals surface area contributed by atoms with Crippen LogP contribution >= 0.6 is 34.4 Å². The van der Waals surface area contributed by atoms with Crippen molar-refractivity contribution in [3.63, 3.8) is 0 Å². The second kappa shape index (κ2) is 23.1. The molecule has 0 aromatic carbocycles. The minimum Gasteiger partial charge on any atom is -0.396 e. The van der Waals surface area contributed by atoms with E-state index in [1.54, 1.807) is 20.9 Å². The number of hydrogen-bond donors (Lipinski definition) is 2. The first-order chi connectivity index (χ1) is 20.1. The Bertz CT molecular complexity index is 856. The zero-order valence-electron chi connectivity index (χ0n) is 27.1. The van der Waals surface area contributed by atoms with Crippen molar-refractivity contribution in [2.24, 2.45) is 0 Å². The second-order valence-electron chi connectivity index (χ2n) is 11.8. The molecule has 0 saturated carbocycles. The van der Waals surface area contributed by atoms with Crippen LogP contribution in [0.5, 0.6) is 0 Å². The van der Waals surface area contributed by atoms with Crippen LogP contribution in [0.1, 0.15) is 162 Å². The highest BCUT2D eigenvalue weighted by Crippen LogP contribution is 2.47. The van der Waals surface area contributed by atoms with Crippen LogP contribution in [0.2, 0.25) is 0 Å². The van der Waals surface area contributed by atoms with Crippen LogP contribution in [0, 0.1) is 0 Å². The second-order valence-corrected chi connectivity index (χ2v) is 15.6. The molecular weight excluding hydrogens is 561 g/mol. The van der Waals surface area contributed by atoms with Crippen LogP contribution in [0.15, 0.2) is 8.42 Å². The fourth-order valence-corrected chi connectivity index (χ4v) is 10.7. The predicted molar refractivity (Wildman–Crippen MR) is 186 cm³/mol. The van der Waals surface area contributed by atoms with Crippen molar-refractivity contribution >= 4 is 34.4 Å². The van der Waals surface area contributed by atoms with E-state index in [1.807, 2.05) is 22.7 Å². The standard InChI is InChI=1S/C36H62O2S3/c1-5-9-13-17-21-31-29(25-27-37)33(23-19-15-11-7-3)39-35(31)41-36-32(22-18-14-10-6-2)30(26-28-38)34(40-36)24-20-16-12-8-4/h37-38H,5-28H2,1-4H3. The Labute approximate surface area is 266 Å². The van der Waals surface area contributed by atoms with Gasteiger partial charge in [0.15, 0.2) is 0 Å². The molecule has 0 atom stereocenters. The van der Waals surface area contributed by atoms with Gasteiger partial charge in [0.2, 0.25) is 0 Å². The van der Waals surface area contributed by atoms with E-state index in [1.165, 1.54) is 122 Å². The molecule has 2 aromatic rings. The van der Waals surface area contributed by atoms with E-state index in [-0.39, 0.29) is 13.2 Å². The van der Waals surface area contributed by atoms with Gasteiger partial charge in [-0.3, -0.25) is 0 Å². The highest BCUT2D eigenvalue weighted by molar-refractivity contribution is 8.03. The van der Waals surface area contributed by atoms with Crippen LogP contribution in [0.4, 0.5) is 0 Å². The molecule has 0 fully saturated rings. The van der Waals surface area contributed by atoms with Gasteiger partial charge in [0.1, 0.15) is 0 Å². The zero-order chi connectivity index (χ0) is 29.7. The molecule has 0 aliphatic heterocycles. The molecule has 2 N–H and O–H groups in total. The van der Waals surface area contributed by atoms with E-state index >= 15 is 0 Å². The quantitative estimate of drug-likeness (QED) is 0.103. The first kappa shape index (κ1) is 36.9. The van der Waals surface area contributed by atoms with E-state index in [9.17, 15) is 10.2 Å². The smallest absolute Gasteiger partial charge is 0.0692 e. The fourth-order valence-electron chi connectivity index (χ4n) is 5.90. The normalized spacial score (nSPS) is 11.7. The summed E-state index contributed by atoms with van der Waals surface area (Å²) in [5, 5.41) is 20.1. The van der Waals surface area contributed by atoms with Crippen molar-refractivity contribution < 1.29 is 10.2 Å². The third kappa shape index (κ3) is 13.1. The molecule has 2 rings (SSSR count). The Morgan fingerprint density at radius 1 is 0.415 bits per heavy atom. The third-order valence-electron chi connectivity index (χ3n) is 8.31. The van der Waals surface area contributed by atoms with E-state index in [2.05, 4.69) is 39.5 Å². The number of rotatable bonds is 26. The summed E-state index contributed by atoms with van der Waals surface area (Å²) in [6.45, 7) is 9.65. The topological polar surface area (TPSA) is 40.5 Å². The highest BCUT2D eigenvalue weighted by atomic mass is 32.2. The molecule has 0 unspecified atom stereocenters. The van der Waals surface area contributed by atoms with Gasteiger partial charge in [0, 0.05) is 23.0 Å². The summed E-state index contributed by atoms with van der Waals surface area (Å²) in [6.07, 6.45) is 26.8. The summed E-state index contributed by atoms with van der Waals surface area (Å²) >= 11 is 6.14. The van der Waals surface area contributed by atoms with Gasteiger partial charge in [-0.25, -0.2) is 0 Å². The lowest BCUT2D eigenvalue weighted by Gasteiger charge is -2.10. The van der Waals surface area contributed by atoms with Gasteiger partial charge in [-0.2, -0.15) is 0 Å². The van der Waals surface area contributed by atoms with Gasteiger partial charge in [-0.15, -0.1) is 22.7 Å². The molecule has 0 aliphatic carbocycles. The Morgan fingerprint density at radius 3 is 1.07 bits per heavy atom. The molecule has 5 heteroatoms. The van der Waals surface area contributed by atoms with Gasteiger partial charge in [0.25, 0.3) is 0 Å². The summed E-state index contributed by atoms with van der Waals surface area (Å²) in [4.78, 5) is 3.08. The van der Waals surface area contributed by atoms with Crippen molar-refractivity contribution in [2.75, 3.05) is 13.2 Å². The van der Waals surface area contributed by atoms with Crippen molar-refractivity contribution in [3.8, 4) is 0 Å². The van der Waals surface area contributed by atoms with Gasteiger partial charge in [0.05, 0.1) is 8.42 Å². The lowest BCUT2D eigenvalue weighted by atomic mass is 9.99. The number of hydrogen-bond acceptors (Lipinski definition) is 5. The molecule has 0 radical (unpaired) electrons. The molecule has 2 nitrogen and oxygen atoms in total. The molecule has 0 amide bonds. The zero-order valence-corrected chi connectivity index (χ0v) is 29.5. The van der Waals surface area contributed by atoms with Crippen LogP contribution in [0.3, 0.4) is 0 Å². The summed E-state index contributed by atoms with van der Waals surface area (Å²) in [5.41, 5.74) is 6.05. The first-order valence-electron chi connectivity index (χ1n) is 17.3. The highest BCUT2D eigenvalue weighted by Gasteiger charge is 2.23. The van der Waals surface area contributed by atoms with Crippen molar-refractivity contribution in [1.82, 2.24) is 0 Å². The van der Waals surface area contributed by atoms with E-state index < -0.39 is 0 Å². The summed E-state index contributed by atoms with van der Waals surface area (Å²) in [6, 6.07) is 0. The fraction of sp³-hybridized carbons (Fsp3) is 0.778. The Balaban J connectivity index is 2.46. The largest absolute Gasteiger partial charge is 0.396 e. The van der Waals surface area contributed by atoms with E-state index in [4.69, 9.17) is 0 Å². The molecule has 236 valence electrons. The number of aliphatic hydroxyl groups excluding tert-OH is 2. The molecule has 2 heterocycles. The van der Waals surface area contributed by atoms with Crippen LogP contribution in [-0.2, 0) is 38.5 Å². The molecule has 0 spiro atoms. The molecule has 0 bridgehead atoms. The minimum atomic E-state index is 0.245. The van der Waals surface area contributed by atoms with E-state index in [0.29, 0.717) is 0 Å². The van der Waals surface area contributed by atoms with Gasteiger partial charge in [-0.1, -0.05) is 117 Å². The number of aliphatic hydroxyl groups is 2. The third-order valence-corrected chi connectivity index (χ3v) is 12.4. The lowest BCUT2D eigenvalue weighted by molar-refractivity contribution is 0.298. The van der Waals surface area contributed by atoms with Crippen molar-refractivity contribution in [3.05, 3.63) is 32.0 Å². The molecule has 2 aromatic heterocycles. The molecular formula is C36H62O2S3. The maximum Gasteiger partial charge on any atom is 0.0692 e. The van der Waals surface area contributed by atoms with E-state index in [0.717, 1.165) is 38.5 Å².